The molecule has 164 valence electrons. The van der Waals surface area contributed by atoms with Gasteiger partial charge in [0.25, 0.3) is 5.91 Å². The predicted octanol–water partition coefficient (Wildman–Crippen LogP) is 4.07. The Balaban J connectivity index is 1.88. The van der Waals surface area contributed by atoms with Gasteiger partial charge >= 0.3 is 0 Å². The first-order valence-corrected chi connectivity index (χ1v) is 11.5. The summed E-state index contributed by atoms with van der Waals surface area (Å²) in [4.78, 5) is 13.0. The Labute approximate surface area is 182 Å². The van der Waals surface area contributed by atoms with Crippen LogP contribution in [0.25, 0.3) is 0 Å². The Kier molecular flexibility index (Phi) is 7.14. The van der Waals surface area contributed by atoms with Gasteiger partial charge in [-0.25, -0.2) is 13.1 Å². The Morgan fingerprint density at radius 1 is 1.00 bits per heavy atom. The van der Waals surface area contributed by atoms with Gasteiger partial charge in [-0.1, -0.05) is 30.3 Å². The maximum absolute atomic E-state index is 12.9. The number of carbonyl (C=O) groups excluding carboxylic acids is 1. The fourth-order valence-electron chi connectivity index (χ4n) is 3.07. The largest absolute Gasteiger partial charge is 0.467 e. The van der Waals surface area contributed by atoms with E-state index in [0.29, 0.717) is 18.0 Å². The molecule has 0 saturated carbocycles. The lowest BCUT2D eigenvalue weighted by molar-refractivity contribution is 0.0939. The molecule has 3 rings (SSSR count). The molecule has 1 amide bonds. The van der Waals surface area contributed by atoms with E-state index in [4.69, 9.17) is 4.42 Å². The maximum atomic E-state index is 12.9. The summed E-state index contributed by atoms with van der Waals surface area (Å²) < 4.78 is 33.4. The number of amides is 1. The summed E-state index contributed by atoms with van der Waals surface area (Å²) in [5.41, 5.74) is 1.70. The highest BCUT2D eigenvalue weighted by Crippen LogP contribution is 2.21. The summed E-state index contributed by atoms with van der Waals surface area (Å²) in [6.07, 6.45) is 1.56. The third-order valence-electron chi connectivity index (χ3n) is 4.56. The molecule has 0 aliphatic heterocycles. The summed E-state index contributed by atoms with van der Waals surface area (Å²) in [6.45, 7) is 5.72. The topological polar surface area (TPSA) is 100 Å². The second-order valence-corrected chi connectivity index (χ2v) is 9.27. The lowest BCUT2D eigenvalue weighted by atomic mass is 10.1. The molecule has 0 saturated heterocycles. The van der Waals surface area contributed by atoms with Crippen LogP contribution in [0, 0.1) is 0 Å². The Morgan fingerprint density at radius 3 is 2.39 bits per heavy atom. The summed E-state index contributed by atoms with van der Waals surface area (Å²) >= 11 is 0. The van der Waals surface area contributed by atoms with Crippen molar-refractivity contribution in [3.8, 4) is 0 Å². The molecule has 0 aliphatic carbocycles. The molecule has 1 heterocycles. The van der Waals surface area contributed by atoms with E-state index in [1.807, 2.05) is 43.3 Å². The lowest BCUT2D eigenvalue weighted by Crippen LogP contribution is -2.31. The van der Waals surface area contributed by atoms with Gasteiger partial charge in [-0.15, -0.1) is 0 Å². The predicted molar refractivity (Wildman–Crippen MR) is 120 cm³/mol. The number of rotatable bonds is 9. The molecule has 0 aliphatic rings. The molecule has 0 bridgehead atoms. The van der Waals surface area contributed by atoms with Crippen molar-refractivity contribution in [2.75, 3.05) is 5.32 Å². The molecule has 31 heavy (non-hydrogen) atoms. The van der Waals surface area contributed by atoms with E-state index in [9.17, 15) is 13.2 Å². The van der Waals surface area contributed by atoms with E-state index in [1.54, 1.807) is 32.2 Å². The van der Waals surface area contributed by atoms with Crippen LogP contribution < -0.4 is 15.4 Å². The lowest BCUT2D eigenvalue weighted by Gasteiger charge is -2.17. The fraction of sp³-hybridized carbons (Fsp3) is 0.261. The van der Waals surface area contributed by atoms with E-state index in [1.165, 1.54) is 12.1 Å². The van der Waals surface area contributed by atoms with E-state index < -0.39 is 10.0 Å². The number of furan rings is 1. The van der Waals surface area contributed by atoms with Gasteiger partial charge in [-0.05, 0) is 56.7 Å². The zero-order valence-corrected chi connectivity index (χ0v) is 18.6. The standard InChI is InChI=1S/C23H27N3O4S/c1-16(2)26-31(28,29)22-13-19(12-20(14-22)24-15-21-10-7-11-30-21)23(27)25-17(3)18-8-5-4-6-9-18/h4-14,16-17,24,26H,15H2,1-3H3,(H,25,27)/t17-/m0/s1. The quantitative estimate of drug-likeness (QED) is 0.465. The highest BCUT2D eigenvalue weighted by Gasteiger charge is 2.20. The normalized spacial score (nSPS) is 12.5. The minimum atomic E-state index is -3.78. The Hall–Kier alpha value is -3.10. The number of anilines is 1. The molecule has 7 nitrogen and oxygen atoms in total. The Bertz CT molecular complexity index is 1110. The van der Waals surface area contributed by atoms with Crippen LogP contribution in [-0.4, -0.2) is 20.4 Å². The molecule has 3 N–H and O–H groups in total. The highest BCUT2D eigenvalue weighted by molar-refractivity contribution is 7.89. The number of benzene rings is 2. The van der Waals surface area contributed by atoms with Crippen LogP contribution in [0.2, 0.25) is 0 Å². The Morgan fingerprint density at radius 2 is 1.74 bits per heavy atom. The van der Waals surface area contributed by atoms with Gasteiger partial charge in [0.15, 0.2) is 0 Å². The van der Waals surface area contributed by atoms with Gasteiger partial charge in [0, 0.05) is 17.3 Å². The van der Waals surface area contributed by atoms with Crippen molar-refractivity contribution in [1.29, 1.82) is 0 Å². The van der Waals surface area contributed by atoms with Crippen molar-refractivity contribution in [2.45, 2.75) is 44.3 Å². The highest BCUT2D eigenvalue weighted by atomic mass is 32.2. The first-order chi connectivity index (χ1) is 14.7. The zero-order valence-electron chi connectivity index (χ0n) is 17.8. The van der Waals surface area contributed by atoms with Crippen LogP contribution >= 0.6 is 0 Å². The van der Waals surface area contributed by atoms with Gasteiger partial charge in [-0.2, -0.15) is 0 Å². The molecule has 3 aromatic rings. The summed E-state index contributed by atoms with van der Waals surface area (Å²) in [5.74, 6) is 0.330. The van der Waals surface area contributed by atoms with Gasteiger partial charge in [-0.3, -0.25) is 4.79 Å². The molecule has 0 radical (unpaired) electrons. The number of carbonyl (C=O) groups is 1. The molecule has 0 fully saturated rings. The molecule has 0 spiro atoms. The second kappa shape index (κ2) is 9.80. The molecule has 1 atom stereocenters. The summed E-state index contributed by atoms with van der Waals surface area (Å²) in [6, 6.07) is 17.2. The first kappa shape index (κ1) is 22.6. The van der Waals surface area contributed by atoms with Crippen LogP contribution in [0.1, 0.15) is 48.5 Å². The van der Waals surface area contributed by atoms with Crippen molar-refractivity contribution in [3.63, 3.8) is 0 Å². The molecular formula is C23H27N3O4S. The van der Waals surface area contributed by atoms with Crippen LogP contribution in [-0.2, 0) is 16.6 Å². The molecule has 1 aromatic heterocycles. The van der Waals surface area contributed by atoms with Gasteiger partial charge < -0.3 is 15.1 Å². The van der Waals surface area contributed by atoms with Crippen LogP contribution in [0.15, 0.2) is 76.2 Å². The molecule has 0 unspecified atom stereocenters. The maximum Gasteiger partial charge on any atom is 0.251 e. The van der Waals surface area contributed by atoms with Crippen LogP contribution in [0.3, 0.4) is 0 Å². The van der Waals surface area contributed by atoms with E-state index >= 15 is 0 Å². The first-order valence-electron chi connectivity index (χ1n) is 10.0. The van der Waals surface area contributed by atoms with Gasteiger partial charge in [0.1, 0.15) is 5.76 Å². The smallest absolute Gasteiger partial charge is 0.251 e. The van der Waals surface area contributed by atoms with Crippen molar-refractivity contribution < 1.29 is 17.6 Å². The molecule has 2 aromatic carbocycles. The average molecular weight is 442 g/mol. The minimum Gasteiger partial charge on any atom is -0.467 e. The van der Waals surface area contributed by atoms with Crippen LogP contribution in [0.5, 0.6) is 0 Å². The fourth-order valence-corrected chi connectivity index (χ4v) is 4.39. The number of nitrogens with one attached hydrogen (secondary N) is 3. The van der Waals surface area contributed by atoms with Crippen molar-refractivity contribution in [3.05, 3.63) is 83.8 Å². The van der Waals surface area contributed by atoms with E-state index in [-0.39, 0.29) is 28.4 Å². The second-order valence-electron chi connectivity index (χ2n) is 7.56. The van der Waals surface area contributed by atoms with Gasteiger partial charge in [0.05, 0.1) is 23.7 Å². The third kappa shape index (κ3) is 6.19. The molecule has 8 heteroatoms. The summed E-state index contributed by atoms with van der Waals surface area (Å²) in [7, 11) is -3.78. The van der Waals surface area contributed by atoms with Crippen LogP contribution in [0.4, 0.5) is 5.69 Å². The number of hydrogen-bond acceptors (Lipinski definition) is 5. The zero-order chi connectivity index (χ0) is 22.4. The van der Waals surface area contributed by atoms with E-state index in [0.717, 1.165) is 5.56 Å². The summed E-state index contributed by atoms with van der Waals surface area (Å²) in [5, 5.41) is 6.06. The third-order valence-corrected chi connectivity index (χ3v) is 6.20. The SMILES string of the molecule is CC(C)NS(=O)(=O)c1cc(NCc2ccco2)cc(C(=O)N[C@@H](C)c2ccccc2)c1. The molecular weight excluding hydrogens is 414 g/mol. The number of sulfonamides is 1. The van der Waals surface area contributed by atoms with Crippen molar-refractivity contribution >= 4 is 21.6 Å². The average Bonchev–Trinajstić information content (AvgIpc) is 3.25. The minimum absolute atomic E-state index is 0.0168. The number of hydrogen-bond donors (Lipinski definition) is 3. The van der Waals surface area contributed by atoms with Crippen molar-refractivity contribution in [1.82, 2.24) is 10.0 Å². The monoisotopic (exact) mass is 441 g/mol. The van der Waals surface area contributed by atoms with Gasteiger partial charge in [0.2, 0.25) is 10.0 Å². The van der Waals surface area contributed by atoms with E-state index in [2.05, 4.69) is 15.4 Å². The van der Waals surface area contributed by atoms with Crippen molar-refractivity contribution in [2.24, 2.45) is 0 Å².